The highest BCUT2D eigenvalue weighted by molar-refractivity contribution is 5.74. The average molecular weight is 185 g/mol. The second-order valence-corrected chi connectivity index (χ2v) is 3.65. The number of nitrogens with one attached hydrogen (secondary N) is 1. The van der Waals surface area contributed by atoms with Crippen LogP contribution < -0.4 is 5.48 Å². The summed E-state index contributed by atoms with van der Waals surface area (Å²) in [6.45, 7) is 2.07. The number of hydroxylamine groups is 1. The summed E-state index contributed by atoms with van der Waals surface area (Å²) in [5.41, 5.74) is 2.52. The third-order valence-electron chi connectivity index (χ3n) is 2.40. The van der Waals surface area contributed by atoms with Gasteiger partial charge in [0.1, 0.15) is 0 Å². The first-order chi connectivity index (χ1) is 6.33. The molecule has 0 aliphatic heterocycles. The Hall–Kier alpha value is -0.570. The summed E-state index contributed by atoms with van der Waals surface area (Å²) in [5, 5.41) is 0. The van der Waals surface area contributed by atoms with Gasteiger partial charge in [0.2, 0.25) is 5.91 Å². The molecule has 0 radical (unpaired) electrons. The number of carbonyl (C=O) groups excluding carboxylic acids is 1. The Labute approximate surface area is 79.8 Å². The van der Waals surface area contributed by atoms with E-state index in [1.54, 1.807) is 0 Å². The van der Waals surface area contributed by atoms with Gasteiger partial charge in [-0.25, -0.2) is 5.48 Å². The minimum atomic E-state index is 0.0220. The van der Waals surface area contributed by atoms with E-state index in [4.69, 9.17) is 4.84 Å². The Morgan fingerprint density at radius 2 is 2.15 bits per heavy atom. The third kappa shape index (κ3) is 4.27. The molecule has 0 bridgehead atoms. The van der Waals surface area contributed by atoms with Gasteiger partial charge in [0, 0.05) is 6.42 Å². The number of hydrogen-bond acceptors (Lipinski definition) is 2. The van der Waals surface area contributed by atoms with E-state index in [0.717, 1.165) is 25.7 Å². The number of amides is 1. The lowest BCUT2D eigenvalue weighted by Crippen LogP contribution is -2.27. The Morgan fingerprint density at radius 1 is 1.46 bits per heavy atom. The van der Waals surface area contributed by atoms with Crippen molar-refractivity contribution in [2.45, 2.75) is 58.0 Å². The summed E-state index contributed by atoms with van der Waals surface area (Å²) >= 11 is 0. The van der Waals surface area contributed by atoms with Crippen LogP contribution in [0.25, 0.3) is 0 Å². The summed E-state index contributed by atoms with van der Waals surface area (Å²) in [5.74, 6) is 0.0220. The molecule has 1 saturated carbocycles. The van der Waals surface area contributed by atoms with E-state index in [9.17, 15) is 4.79 Å². The molecule has 0 unspecified atom stereocenters. The molecule has 76 valence electrons. The van der Waals surface area contributed by atoms with Crippen LogP contribution in [0.2, 0.25) is 0 Å². The number of hydrogen-bond donors (Lipinski definition) is 1. The predicted molar refractivity (Wildman–Crippen MR) is 51.0 cm³/mol. The van der Waals surface area contributed by atoms with E-state index in [0.29, 0.717) is 6.42 Å². The molecule has 0 atom stereocenters. The van der Waals surface area contributed by atoms with Gasteiger partial charge in [0.05, 0.1) is 6.10 Å². The van der Waals surface area contributed by atoms with Crippen molar-refractivity contribution in [2.75, 3.05) is 0 Å². The van der Waals surface area contributed by atoms with Crippen LogP contribution in [0.3, 0.4) is 0 Å². The van der Waals surface area contributed by atoms with Crippen molar-refractivity contribution in [3.05, 3.63) is 0 Å². The second-order valence-electron chi connectivity index (χ2n) is 3.65. The van der Waals surface area contributed by atoms with E-state index >= 15 is 0 Å². The molecule has 1 aliphatic carbocycles. The van der Waals surface area contributed by atoms with E-state index in [1.807, 2.05) is 0 Å². The zero-order valence-corrected chi connectivity index (χ0v) is 8.34. The van der Waals surface area contributed by atoms with Crippen LogP contribution in [0.1, 0.15) is 51.9 Å². The molecule has 0 aromatic heterocycles. The van der Waals surface area contributed by atoms with Crippen LogP contribution in [-0.2, 0) is 9.63 Å². The maximum Gasteiger partial charge on any atom is 0.243 e. The van der Waals surface area contributed by atoms with Gasteiger partial charge in [0.25, 0.3) is 0 Å². The monoisotopic (exact) mass is 185 g/mol. The van der Waals surface area contributed by atoms with E-state index in [2.05, 4.69) is 12.4 Å². The number of unbranched alkanes of at least 4 members (excludes halogenated alkanes) is 1. The molecule has 0 saturated heterocycles. The topological polar surface area (TPSA) is 38.3 Å². The van der Waals surface area contributed by atoms with Crippen molar-refractivity contribution in [3.8, 4) is 0 Å². The smallest absolute Gasteiger partial charge is 0.243 e. The van der Waals surface area contributed by atoms with Gasteiger partial charge in [-0.05, 0) is 19.3 Å². The van der Waals surface area contributed by atoms with Gasteiger partial charge in [-0.15, -0.1) is 0 Å². The number of rotatable bonds is 5. The first-order valence-electron chi connectivity index (χ1n) is 5.27. The molecular formula is C10H19NO2. The Bertz CT molecular complexity index is 153. The molecule has 3 nitrogen and oxygen atoms in total. The van der Waals surface area contributed by atoms with E-state index < -0.39 is 0 Å². The van der Waals surface area contributed by atoms with Crippen LogP contribution >= 0.6 is 0 Å². The lowest BCUT2D eigenvalue weighted by Gasteiger charge is -2.10. The second kappa shape index (κ2) is 5.97. The molecular weight excluding hydrogens is 166 g/mol. The van der Waals surface area contributed by atoms with Gasteiger partial charge in [0.15, 0.2) is 0 Å². The highest BCUT2D eigenvalue weighted by Crippen LogP contribution is 2.19. The maximum absolute atomic E-state index is 11.1. The first-order valence-corrected chi connectivity index (χ1v) is 5.27. The van der Waals surface area contributed by atoms with Crippen molar-refractivity contribution in [2.24, 2.45) is 0 Å². The highest BCUT2D eigenvalue weighted by atomic mass is 16.7. The zero-order valence-electron chi connectivity index (χ0n) is 8.34. The normalized spacial score (nSPS) is 17.6. The van der Waals surface area contributed by atoms with E-state index in [1.165, 1.54) is 12.8 Å². The predicted octanol–water partition coefficient (Wildman–Crippen LogP) is 2.17. The van der Waals surface area contributed by atoms with Gasteiger partial charge >= 0.3 is 0 Å². The van der Waals surface area contributed by atoms with Crippen molar-refractivity contribution < 1.29 is 9.63 Å². The third-order valence-corrected chi connectivity index (χ3v) is 2.40. The quantitative estimate of drug-likeness (QED) is 0.666. The molecule has 0 heterocycles. The molecule has 1 fully saturated rings. The summed E-state index contributed by atoms with van der Waals surface area (Å²) < 4.78 is 0. The van der Waals surface area contributed by atoms with Crippen molar-refractivity contribution in [1.82, 2.24) is 5.48 Å². The van der Waals surface area contributed by atoms with Gasteiger partial charge in [-0.2, -0.15) is 0 Å². The Kier molecular flexibility index (Phi) is 4.83. The van der Waals surface area contributed by atoms with E-state index in [-0.39, 0.29) is 12.0 Å². The highest BCUT2D eigenvalue weighted by Gasteiger charge is 2.16. The Balaban J connectivity index is 2.00. The summed E-state index contributed by atoms with van der Waals surface area (Å²) in [6, 6.07) is 0. The van der Waals surface area contributed by atoms with Crippen LogP contribution in [-0.4, -0.2) is 12.0 Å². The number of carbonyl (C=O) groups is 1. The van der Waals surface area contributed by atoms with Gasteiger partial charge < -0.3 is 0 Å². The van der Waals surface area contributed by atoms with Gasteiger partial charge in [-0.1, -0.05) is 26.2 Å². The van der Waals surface area contributed by atoms with Crippen molar-refractivity contribution in [1.29, 1.82) is 0 Å². The molecule has 0 aromatic carbocycles. The fourth-order valence-electron chi connectivity index (χ4n) is 1.54. The minimum absolute atomic E-state index is 0.0220. The molecule has 1 aliphatic rings. The van der Waals surface area contributed by atoms with Crippen LogP contribution in [0.15, 0.2) is 0 Å². The summed E-state index contributed by atoms with van der Waals surface area (Å²) in [6.07, 6.45) is 7.50. The molecule has 1 rings (SSSR count). The standard InChI is InChI=1S/C10H19NO2/c1-2-3-8-10(12)11-13-9-6-4-5-7-9/h9H,2-8H2,1H3,(H,11,12). The van der Waals surface area contributed by atoms with Crippen molar-refractivity contribution >= 4 is 5.91 Å². The average Bonchev–Trinajstić information content (AvgIpc) is 2.64. The van der Waals surface area contributed by atoms with Crippen LogP contribution in [0, 0.1) is 0 Å². The molecule has 0 aromatic rings. The van der Waals surface area contributed by atoms with Crippen molar-refractivity contribution in [3.63, 3.8) is 0 Å². The van der Waals surface area contributed by atoms with Crippen LogP contribution in [0.4, 0.5) is 0 Å². The lowest BCUT2D eigenvalue weighted by molar-refractivity contribution is -0.138. The molecule has 1 amide bonds. The molecule has 1 N–H and O–H groups in total. The summed E-state index contributed by atoms with van der Waals surface area (Å²) in [7, 11) is 0. The zero-order chi connectivity index (χ0) is 9.52. The van der Waals surface area contributed by atoms with Gasteiger partial charge in [-0.3, -0.25) is 9.63 Å². The lowest BCUT2D eigenvalue weighted by atomic mass is 10.2. The fourth-order valence-corrected chi connectivity index (χ4v) is 1.54. The minimum Gasteiger partial charge on any atom is -0.273 e. The Morgan fingerprint density at radius 3 is 2.77 bits per heavy atom. The fraction of sp³-hybridized carbons (Fsp3) is 0.900. The first kappa shape index (κ1) is 10.5. The molecule has 3 heteroatoms. The largest absolute Gasteiger partial charge is 0.273 e. The maximum atomic E-state index is 11.1. The summed E-state index contributed by atoms with van der Waals surface area (Å²) in [4.78, 5) is 16.4. The molecule has 0 spiro atoms. The SMILES string of the molecule is CCCCC(=O)NOC1CCCC1. The molecule has 13 heavy (non-hydrogen) atoms. The van der Waals surface area contributed by atoms with Crippen LogP contribution in [0.5, 0.6) is 0 Å².